The van der Waals surface area contributed by atoms with E-state index in [0.29, 0.717) is 13.0 Å². The van der Waals surface area contributed by atoms with Crippen molar-refractivity contribution in [1.29, 1.82) is 0 Å². The second kappa shape index (κ2) is 6.36. The van der Waals surface area contributed by atoms with Gasteiger partial charge in [0.2, 0.25) is 0 Å². The van der Waals surface area contributed by atoms with Gasteiger partial charge in [-0.05, 0) is 12.1 Å². The van der Waals surface area contributed by atoms with E-state index in [0.717, 1.165) is 11.8 Å². The van der Waals surface area contributed by atoms with Crippen molar-refractivity contribution >= 4 is 23.2 Å². The van der Waals surface area contributed by atoms with Crippen molar-refractivity contribution in [2.75, 3.05) is 6.54 Å². The lowest BCUT2D eigenvalue weighted by Gasteiger charge is -2.05. The fourth-order valence-electron chi connectivity index (χ4n) is 1.80. The molecule has 1 aromatic heterocycles. The van der Waals surface area contributed by atoms with Crippen LogP contribution in [0, 0.1) is 10.1 Å². The number of nitro benzene ring substituents is 1. The zero-order valence-corrected chi connectivity index (χ0v) is 12.0. The molecule has 0 bridgehead atoms. The summed E-state index contributed by atoms with van der Waals surface area (Å²) < 4.78 is 1.68. The van der Waals surface area contributed by atoms with Crippen LogP contribution in [0.5, 0.6) is 0 Å². The topological polar surface area (TPSA) is 90.1 Å². The van der Waals surface area contributed by atoms with Gasteiger partial charge < -0.3 is 5.32 Å². The molecule has 2 rings (SSSR count). The first-order chi connectivity index (χ1) is 9.97. The molecule has 1 N–H and O–H groups in total. The highest BCUT2D eigenvalue weighted by Gasteiger charge is 2.14. The second-order valence-corrected chi connectivity index (χ2v) is 4.82. The Morgan fingerprint density at radius 2 is 2.24 bits per heavy atom. The number of non-ortho nitro benzene ring substituents is 1. The first kappa shape index (κ1) is 15.0. The Morgan fingerprint density at radius 3 is 2.81 bits per heavy atom. The van der Waals surface area contributed by atoms with Crippen molar-refractivity contribution in [2.24, 2.45) is 7.05 Å². The number of aryl methyl sites for hydroxylation is 1. The molecule has 0 saturated carbocycles. The normalized spacial score (nSPS) is 10.4. The number of rotatable bonds is 5. The predicted molar refractivity (Wildman–Crippen MR) is 77.4 cm³/mol. The summed E-state index contributed by atoms with van der Waals surface area (Å²) in [5.41, 5.74) is 0.931. The van der Waals surface area contributed by atoms with Gasteiger partial charge in [0.25, 0.3) is 11.6 Å². The van der Waals surface area contributed by atoms with E-state index in [1.165, 1.54) is 12.1 Å². The van der Waals surface area contributed by atoms with E-state index in [9.17, 15) is 14.9 Å². The average Bonchev–Trinajstić information content (AvgIpc) is 2.84. The Balaban J connectivity index is 1.95. The van der Waals surface area contributed by atoms with Gasteiger partial charge in [0.05, 0.1) is 21.2 Å². The third kappa shape index (κ3) is 3.79. The molecule has 0 aliphatic rings. The molecule has 110 valence electrons. The lowest BCUT2D eigenvalue weighted by atomic mass is 10.2. The number of nitro groups is 1. The number of hydrogen-bond donors (Lipinski definition) is 1. The number of carbonyl (C=O) groups excluding carboxylic acids is 1. The van der Waals surface area contributed by atoms with Gasteiger partial charge in [-0.3, -0.25) is 19.6 Å². The third-order valence-corrected chi connectivity index (χ3v) is 3.16. The van der Waals surface area contributed by atoms with Gasteiger partial charge >= 0.3 is 0 Å². The largest absolute Gasteiger partial charge is 0.352 e. The zero-order chi connectivity index (χ0) is 15.4. The Kier molecular flexibility index (Phi) is 4.54. The van der Waals surface area contributed by atoms with Crippen molar-refractivity contribution in [3.05, 3.63) is 56.9 Å². The minimum absolute atomic E-state index is 0.0551. The fourth-order valence-corrected chi connectivity index (χ4v) is 2.06. The number of benzene rings is 1. The summed E-state index contributed by atoms with van der Waals surface area (Å²) in [4.78, 5) is 22.0. The van der Waals surface area contributed by atoms with Crippen LogP contribution in [-0.2, 0) is 13.5 Å². The number of aromatic nitrogens is 2. The van der Waals surface area contributed by atoms with E-state index in [-0.39, 0.29) is 22.2 Å². The molecule has 0 aliphatic heterocycles. The van der Waals surface area contributed by atoms with Crippen LogP contribution < -0.4 is 5.32 Å². The molecular weight excluding hydrogens is 296 g/mol. The Morgan fingerprint density at radius 1 is 1.48 bits per heavy atom. The smallest absolute Gasteiger partial charge is 0.270 e. The van der Waals surface area contributed by atoms with Crippen molar-refractivity contribution < 1.29 is 9.72 Å². The molecular formula is C13H13ClN4O3. The quantitative estimate of drug-likeness (QED) is 0.675. The molecule has 21 heavy (non-hydrogen) atoms. The summed E-state index contributed by atoms with van der Waals surface area (Å²) in [6.07, 6.45) is 2.42. The van der Waals surface area contributed by atoms with E-state index in [1.807, 2.05) is 19.3 Å². The van der Waals surface area contributed by atoms with E-state index < -0.39 is 4.92 Å². The average molecular weight is 309 g/mol. The molecule has 0 aliphatic carbocycles. The van der Waals surface area contributed by atoms with Gasteiger partial charge in [0, 0.05) is 38.3 Å². The van der Waals surface area contributed by atoms with Gasteiger partial charge in [-0.15, -0.1) is 0 Å². The van der Waals surface area contributed by atoms with E-state index in [4.69, 9.17) is 11.6 Å². The number of hydrogen-bond acceptors (Lipinski definition) is 4. The summed E-state index contributed by atoms with van der Waals surface area (Å²) >= 11 is 5.89. The van der Waals surface area contributed by atoms with E-state index >= 15 is 0 Å². The highest BCUT2D eigenvalue weighted by atomic mass is 35.5. The first-order valence-corrected chi connectivity index (χ1v) is 6.56. The molecule has 7 nitrogen and oxygen atoms in total. The van der Waals surface area contributed by atoms with Crippen molar-refractivity contribution in [2.45, 2.75) is 6.42 Å². The Bertz CT molecular complexity index is 684. The number of halogens is 1. The summed E-state index contributed by atoms with van der Waals surface area (Å²) in [5, 5.41) is 17.6. The van der Waals surface area contributed by atoms with Crippen LogP contribution in [0.1, 0.15) is 16.1 Å². The molecule has 1 amide bonds. The molecule has 0 atom stereocenters. The van der Waals surface area contributed by atoms with Crippen LogP contribution >= 0.6 is 11.6 Å². The maximum atomic E-state index is 12.0. The molecule has 8 heteroatoms. The van der Waals surface area contributed by atoms with Crippen molar-refractivity contribution in [3.63, 3.8) is 0 Å². The lowest BCUT2D eigenvalue weighted by Crippen LogP contribution is -2.26. The molecule has 1 aromatic carbocycles. The molecule has 1 heterocycles. The number of nitrogens with one attached hydrogen (secondary N) is 1. The van der Waals surface area contributed by atoms with Gasteiger partial charge in [0.1, 0.15) is 0 Å². The zero-order valence-electron chi connectivity index (χ0n) is 11.2. The monoisotopic (exact) mass is 308 g/mol. The lowest BCUT2D eigenvalue weighted by molar-refractivity contribution is -0.384. The van der Waals surface area contributed by atoms with E-state index in [2.05, 4.69) is 10.4 Å². The highest BCUT2D eigenvalue weighted by molar-refractivity contribution is 6.34. The van der Waals surface area contributed by atoms with Crippen LogP contribution in [0.25, 0.3) is 0 Å². The van der Waals surface area contributed by atoms with Crippen LogP contribution in [-0.4, -0.2) is 27.2 Å². The number of amides is 1. The van der Waals surface area contributed by atoms with Gasteiger partial charge in [-0.25, -0.2) is 0 Å². The van der Waals surface area contributed by atoms with Crippen LogP contribution in [0.2, 0.25) is 5.02 Å². The maximum Gasteiger partial charge on any atom is 0.270 e. The number of carbonyl (C=O) groups is 1. The van der Waals surface area contributed by atoms with Crippen LogP contribution in [0.15, 0.2) is 30.5 Å². The van der Waals surface area contributed by atoms with Gasteiger partial charge in [-0.2, -0.15) is 5.10 Å². The molecule has 0 spiro atoms. The van der Waals surface area contributed by atoms with Crippen molar-refractivity contribution in [1.82, 2.24) is 15.1 Å². The van der Waals surface area contributed by atoms with E-state index in [1.54, 1.807) is 4.68 Å². The van der Waals surface area contributed by atoms with Crippen LogP contribution in [0.3, 0.4) is 0 Å². The van der Waals surface area contributed by atoms with Gasteiger partial charge in [-0.1, -0.05) is 11.6 Å². The SMILES string of the molecule is Cn1ccc(CCNC(=O)c2ccc([N+](=O)[O-])cc2Cl)n1. The van der Waals surface area contributed by atoms with Gasteiger partial charge in [0.15, 0.2) is 0 Å². The molecule has 2 aromatic rings. The Hall–Kier alpha value is -2.41. The summed E-state index contributed by atoms with van der Waals surface area (Å²) in [5.74, 6) is -0.370. The Labute approximate surface area is 125 Å². The third-order valence-electron chi connectivity index (χ3n) is 2.84. The summed E-state index contributed by atoms with van der Waals surface area (Å²) in [6, 6.07) is 5.62. The molecule has 0 radical (unpaired) electrons. The van der Waals surface area contributed by atoms with Crippen LogP contribution in [0.4, 0.5) is 5.69 Å². The molecule has 0 saturated heterocycles. The predicted octanol–water partition coefficient (Wildman–Crippen LogP) is 1.95. The minimum atomic E-state index is -0.561. The minimum Gasteiger partial charge on any atom is -0.352 e. The molecule has 0 fully saturated rings. The summed E-state index contributed by atoms with van der Waals surface area (Å²) in [7, 11) is 1.82. The molecule has 0 unspecified atom stereocenters. The number of nitrogens with zero attached hydrogens (tertiary/aromatic N) is 3. The summed E-state index contributed by atoms with van der Waals surface area (Å²) in [6.45, 7) is 0.406. The standard InChI is InChI=1S/C13H13ClN4O3/c1-17-7-5-9(16-17)4-6-15-13(19)11-3-2-10(18(20)21)8-12(11)14/h2-3,5,7-8H,4,6H2,1H3,(H,15,19). The highest BCUT2D eigenvalue weighted by Crippen LogP contribution is 2.22. The fraction of sp³-hybridized carbons (Fsp3) is 0.231. The van der Waals surface area contributed by atoms with Crippen molar-refractivity contribution in [3.8, 4) is 0 Å². The second-order valence-electron chi connectivity index (χ2n) is 4.41. The first-order valence-electron chi connectivity index (χ1n) is 6.18. The maximum absolute atomic E-state index is 12.0.